The van der Waals surface area contributed by atoms with Crippen LogP contribution in [0, 0.1) is 10.1 Å². The van der Waals surface area contributed by atoms with Gasteiger partial charge >= 0.3 is 5.69 Å². The highest BCUT2D eigenvalue weighted by atomic mass is 35.5. The highest BCUT2D eigenvalue weighted by molar-refractivity contribution is 7.10. The van der Waals surface area contributed by atoms with Crippen molar-refractivity contribution in [1.29, 1.82) is 0 Å². The van der Waals surface area contributed by atoms with Gasteiger partial charge in [-0.15, -0.1) is 11.3 Å². The number of nitro groups is 1. The molecule has 1 aromatic heterocycles. The lowest BCUT2D eigenvalue weighted by Gasteiger charge is -2.26. The molecule has 23 heavy (non-hydrogen) atoms. The molecule has 6 nitrogen and oxygen atoms in total. The van der Waals surface area contributed by atoms with Crippen molar-refractivity contribution in [1.82, 2.24) is 4.90 Å². The van der Waals surface area contributed by atoms with E-state index in [1.165, 1.54) is 23.1 Å². The van der Waals surface area contributed by atoms with Crippen LogP contribution in [0.5, 0.6) is 5.75 Å². The van der Waals surface area contributed by atoms with Gasteiger partial charge in [-0.3, -0.25) is 14.9 Å². The molecule has 0 bridgehead atoms. The Morgan fingerprint density at radius 3 is 3.04 bits per heavy atom. The molecule has 0 N–H and O–H groups in total. The summed E-state index contributed by atoms with van der Waals surface area (Å²) in [6, 6.07) is 6.12. The first-order valence-corrected chi connectivity index (χ1v) is 8.20. The third-order valence-corrected chi connectivity index (χ3v) is 4.89. The van der Waals surface area contributed by atoms with Crippen molar-refractivity contribution in [2.75, 3.05) is 13.2 Å². The Hall–Kier alpha value is -2.12. The van der Waals surface area contributed by atoms with Crippen LogP contribution in [0.4, 0.5) is 5.69 Å². The van der Waals surface area contributed by atoms with Crippen molar-refractivity contribution >= 4 is 34.5 Å². The van der Waals surface area contributed by atoms with Crippen LogP contribution < -0.4 is 4.74 Å². The molecule has 120 valence electrons. The van der Waals surface area contributed by atoms with Crippen LogP contribution in [-0.4, -0.2) is 28.9 Å². The fraction of sp³-hybridized carbons (Fsp3) is 0.267. The molecule has 0 spiro atoms. The zero-order valence-electron chi connectivity index (χ0n) is 12.0. The summed E-state index contributed by atoms with van der Waals surface area (Å²) in [5.41, 5.74) is 0.913. The molecular weight excluding hydrogens is 340 g/mol. The zero-order valence-corrected chi connectivity index (χ0v) is 13.6. The van der Waals surface area contributed by atoms with Crippen molar-refractivity contribution in [3.63, 3.8) is 0 Å². The number of thiophene rings is 1. The van der Waals surface area contributed by atoms with Crippen LogP contribution in [0.3, 0.4) is 0 Å². The summed E-state index contributed by atoms with van der Waals surface area (Å²) in [4.78, 5) is 25.7. The van der Waals surface area contributed by atoms with Crippen LogP contribution in [0.25, 0.3) is 0 Å². The third-order valence-electron chi connectivity index (χ3n) is 3.63. The van der Waals surface area contributed by atoms with E-state index >= 15 is 0 Å². The van der Waals surface area contributed by atoms with Crippen molar-refractivity contribution in [2.45, 2.75) is 13.0 Å². The van der Waals surface area contributed by atoms with E-state index in [0.717, 1.165) is 12.0 Å². The van der Waals surface area contributed by atoms with Crippen molar-refractivity contribution in [3.05, 3.63) is 55.2 Å². The molecule has 1 aliphatic heterocycles. The largest absolute Gasteiger partial charge is 0.477 e. The number of hydrogen-bond acceptors (Lipinski definition) is 5. The molecule has 1 aliphatic rings. The first kappa shape index (κ1) is 15.8. The molecule has 0 saturated carbocycles. The smallest absolute Gasteiger partial charge is 0.312 e. The minimum Gasteiger partial charge on any atom is -0.477 e. The van der Waals surface area contributed by atoms with Gasteiger partial charge in [-0.1, -0.05) is 11.6 Å². The second kappa shape index (κ2) is 6.55. The number of ether oxygens (including phenoxy) is 1. The maximum absolute atomic E-state index is 12.3. The Balaban J connectivity index is 1.65. The minimum absolute atomic E-state index is 0.0426. The van der Waals surface area contributed by atoms with E-state index < -0.39 is 4.92 Å². The van der Waals surface area contributed by atoms with E-state index in [4.69, 9.17) is 16.3 Å². The van der Waals surface area contributed by atoms with Gasteiger partial charge in [-0.05, 0) is 35.6 Å². The number of benzene rings is 1. The quantitative estimate of drug-likeness (QED) is 0.625. The number of rotatable bonds is 4. The van der Waals surface area contributed by atoms with Gasteiger partial charge in [0.05, 0.1) is 4.92 Å². The van der Waals surface area contributed by atoms with E-state index in [2.05, 4.69) is 0 Å². The molecule has 1 amide bonds. The minimum atomic E-state index is -0.579. The van der Waals surface area contributed by atoms with Gasteiger partial charge in [-0.2, -0.15) is 0 Å². The van der Waals surface area contributed by atoms with Gasteiger partial charge in [0, 0.05) is 29.1 Å². The summed E-state index contributed by atoms with van der Waals surface area (Å²) in [6.07, 6.45) is 0.833. The van der Waals surface area contributed by atoms with E-state index in [-0.39, 0.29) is 29.0 Å². The lowest BCUT2D eigenvalue weighted by Crippen LogP contribution is -2.38. The molecular formula is C15H13ClN2O4S. The number of nitrogens with zero attached hydrogens (tertiary/aromatic N) is 2. The number of carbonyl (C=O) groups is 1. The van der Waals surface area contributed by atoms with Gasteiger partial charge in [-0.25, -0.2) is 0 Å². The second-order valence-electron chi connectivity index (χ2n) is 5.09. The number of hydrogen-bond donors (Lipinski definition) is 0. The fourth-order valence-electron chi connectivity index (χ4n) is 2.45. The van der Waals surface area contributed by atoms with Crippen LogP contribution >= 0.6 is 22.9 Å². The monoisotopic (exact) mass is 352 g/mol. The summed E-state index contributed by atoms with van der Waals surface area (Å²) in [5, 5.41) is 13.3. The number of nitro benzene ring substituents is 1. The number of fused-ring (bicyclic) bond motifs is 1. The van der Waals surface area contributed by atoms with E-state index in [0.29, 0.717) is 13.1 Å². The molecule has 0 aliphatic carbocycles. The second-order valence-corrected chi connectivity index (χ2v) is 6.53. The Kier molecular flexibility index (Phi) is 4.49. The zero-order chi connectivity index (χ0) is 16.4. The summed E-state index contributed by atoms with van der Waals surface area (Å²) >= 11 is 7.45. The topological polar surface area (TPSA) is 72.7 Å². The fourth-order valence-corrected chi connectivity index (χ4v) is 3.50. The molecule has 3 rings (SSSR count). The number of amides is 1. The lowest BCUT2D eigenvalue weighted by atomic mass is 10.1. The van der Waals surface area contributed by atoms with Gasteiger partial charge < -0.3 is 9.64 Å². The van der Waals surface area contributed by atoms with Gasteiger partial charge in [0.2, 0.25) is 0 Å². The molecule has 8 heteroatoms. The Morgan fingerprint density at radius 2 is 2.26 bits per heavy atom. The molecule has 0 fully saturated rings. The molecule has 0 saturated heterocycles. The third kappa shape index (κ3) is 3.46. The maximum Gasteiger partial charge on any atom is 0.312 e. The standard InChI is InChI=1S/C15H13ClN2O4S/c16-11-1-2-13(12(7-11)18(20)21)22-9-15(19)17-5-3-14-10(8-17)4-6-23-14/h1-2,4,6-7H,3,5,8-9H2. The highest BCUT2D eigenvalue weighted by Gasteiger charge is 2.23. The highest BCUT2D eigenvalue weighted by Crippen LogP contribution is 2.30. The van der Waals surface area contributed by atoms with E-state index in [9.17, 15) is 14.9 Å². The normalized spacial score (nSPS) is 13.5. The van der Waals surface area contributed by atoms with Gasteiger partial charge in [0.1, 0.15) is 0 Å². The average Bonchev–Trinajstić information content (AvgIpc) is 3.00. The van der Waals surface area contributed by atoms with E-state index in [1.807, 2.05) is 11.4 Å². The predicted octanol–water partition coefficient (Wildman–Crippen LogP) is 3.27. The maximum atomic E-state index is 12.3. The van der Waals surface area contributed by atoms with Crippen molar-refractivity contribution in [2.24, 2.45) is 0 Å². The Labute approximate surface area is 141 Å². The van der Waals surface area contributed by atoms with Gasteiger partial charge in [0.15, 0.2) is 12.4 Å². The first-order chi connectivity index (χ1) is 11.0. The van der Waals surface area contributed by atoms with Crippen LogP contribution in [-0.2, 0) is 17.8 Å². The van der Waals surface area contributed by atoms with E-state index in [1.54, 1.807) is 16.2 Å². The van der Waals surface area contributed by atoms with Crippen molar-refractivity contribution < 1.29 is 14.5 Å². The Bertz CT molecular complexity index is 762. The molecule has 0 radical (unpaired) electrons. The van der Waals surface area contributed by atoms with Gasteiger partial charge in [0.25, 0.3) is 5.91 Å². The number of halogens is 1. The Morgan fingerprint density at radius 1 is 1.43 bits per heavy atom. The summed E-state index contributed by atoms with van der Waals surface area (Å²) in [6.45, 7) is 0.962. The van der Waals surface area contributed by atoms with Crippen LogP contribution in [0.15, 0.2) is 29.6 Å². The first-order valence-electron chi connectivity index (χ1n) is 6.94. The molecule has 1 aromatic carbocycles. The predicted molar refractivity (Wildman–Crippen MR) is 87.0 cm³/mol. The molecule has 2 heterocycles. The number of carbonyl (C=O) groups excluding carboxylic acids is 1. The summed E-state index contributed by atoms with van der Waals surface area (Å²) in [7, 11) is 0. The average molecular weight is 353 g/mol. The van der Waals surface area contributed by atoms with Crippen LogP contribution in [0.1, 0.15) is 10.4 Å². The van der Waals surface area contributed by atoms with Crippen molar-refractivity contribution in [3.8, 4) is 5.75 Å². The lowest BCUT2D eigenvalue weighted by molar-refractivity contribution is -0.385. The molecule has 2 aromatic rings. The molecule has 0 unspecified atom stereocenters. The molecule has 0 atom stereocenters. The summed E-state index contributed by atoms with van der Waals surface area (Å²) < 4.78 is 5.35. The SMILES string of the molecule is O=C(COc1ccc(Cl)cc1[N+](=O)[O-])N1CCc2sccc2C1. The summed E-state index contributed by atoms with van der Waals surface area (Å²) in [5.74, 6) is -0.146. The van der Waals surface area contributed by atoms with Crippen LogP contribution in [0.2, 0.25) is 5.02 Å².